The molecule has 0 saturated heterocycles. The number of aliphatic hydroxyl groups is 1. The Morgan fingerprint density at radius 2 is 1.85 bits per heavy atom. The minimum Gasteiger partial charge on any atom is -0.390 e. The minimum absolute atomic E-state index is 0.0360. The number of rotatable bonds is 5. The van der Waals surface area contributed by atoms with Crippen LogP contribution >= 0.6 is 0 Å². The van der Waals surface area contributed by atoms with E-state index in [4.69, 9.17) is 9.98 Å². The Bertz CT molecular complexity index is 688. The van der Waals surface area contributed by atoms with Crippen molar-refractivity contribution < 1.29 is 5.11 Å². The second-order valence-corrected chi connectivity index (χ2v) is 10.0. The van der Waals surface area contributed by atoms with Crippen molar-refractivity contribution in [1.82, 2.24) is 15.3 Å². The van der Waals surface area contributed by atoms with Crippen LogP contribution in [0.5, 0.6) is 0 Å². The first-order chi connectivity index (χ1) is 12.5. The van der Waals surface area contributed by atoms with E-state index >= 15 is 0 Å². The van der Waals surface area contributed by atoms with Crippen molar-refractivity contribution in [2.45, 2.75) is 90.7 Å². The van der Waals surface area contributed by atoms with Crippen LogP contribution in [-0.4, -0.2) is 45.6 Å². The molecule has 1 aliphatic carbocycles. The lowest BCUT2D eigenvalue weighted by Crippen LogP contribution is -2.38. The predicted molar refractivity (Wildman–Crippen MR) is 112 cm³/mol. The molecule has 0 amide bonds. The van der Waals surface area contributed by atoms with E-state index in [1.165, 1.54) is 0 Å². The number of H-pyrrole nitrogens is 1. The molecule has 0 bridgehead atoms. The fraction of sp³-hybridized carbons (Fsp3) is 0.810. The Labute approximate surface area is 163 Å². The smallest absolute Gasteiger partial charge is 0.155 e. The Morgan fingerprint density at radius 1 is 1.19 bits per heavy atom. The van der Waals surface area contributed by atoms with Crippen molar-refractivity contribution >= 4 is 11.7 Å². The van der Waals surface area contributed by atoms with Crippen LogP contribution < -0.4 is 10.6 Å². The number of aromatic amines is 1. The number of hydrogen-bond acceptors (Lipinski definition) is 5. The maximum atomic E-state index is 10.3. The number of anilines is 1. The topological polar surface area (TPSA) is 85.3 Å². The lowest BCUT2D eigenvalue weighted by molar-refractivity contribution is 0.00179. The van der Waals surface area contributed by atoms with Gasteiger partial charge in [-0.1, -0.05) is 34.6 Å². The molecule has 1 fully saturated rings. The van der Waals surface area contributed by atoms with Gasteiger partial charge in [-0.25, -0.2) is 4.98 Å². The van der Waals surface area contributed by atoms with Crippen molar-refractivity contribution in [2.75, 3.05) is 18.4 Å². The molecule has 2 aliphatic rings. The largest absolute Gasteiger partial charge is 0.390 e. The van der Waals surface area contributed by atoms with Crippen LogP contribution in [0.15, 0.2) is 4.99 Å². The summed E-state index contributed by atoms with van der Waals surface area (Å²) in [4.78, 5) is 13.5. The monoisotopic (exact) mass is 375 g/mol. The molecule has 0 radical (unpaired) electrons. The number of nitrogens with zero attached hydrogens (tertiary/aromatic N) is 2. The molecule has 2 heterocycles. The maximum Gasteiger partial charge on any atom is 0.155 e. The highest BCUT2D eigenvalue weighted by atomic mass is 16.3. The fourth-order valence-corrected chi connectivity index (χ4v) is 3.87. The highest BCUT2D eigenvalue weighted by Crippen LogP contribution is 2.42. The lowest BCUT2D eigenvalue weighted by atomic mass is 9.70. The van der Waals surface area contributed by atoms with Crippen molar-refractivity contribution in [1.29, 1.82) is 0 Å². The van der Waals surface area contributed by atoms with Crippen LogP contribution in [0.2, 0.25) is 0 Å². The first-order valence-corrected chi connectivity index (χ1v) is 10.4. The summed E-state index contributed by atoms with van der Waals surface area (Å²) in [6.07, 6.45) is 4.53. The quantitative estimate of drug-likeness (QED) is 0.634. The number of nitrogens with one attached hydrogen (secondary N) is 3. The molecule has 0 spiro atoms. The SMILES string of the molecule is CCCNc1nc(C2(C)CCC(C)(O)CC2)[nH]c1C1=N[C@H](C(C)(C)C)CN1. The van der Waals surface area contributed by atoms with Crippen molar-refractivity contribution in [3.63, 3.8) is 0 Å². The molecule has 1 saturated carbocycles. The van der Waals surface area contributed by atoms with Gasteiger partial charge in [-0.3, -0.25) is 4.99 Å². The summed E-state index contributed by atoms with van der Waals surface area (Å²) in [5.74, 6) is 2.82. The third-order valence-corrected chi connectivity index (χ3v) is 6.23. The third kappa shape index (κ3) is 4.31. The van der Waals surface area contributed by atoms with Gasteiger partial charge >= 0.3 is 0 Å². The van der Waals surface area contributed by atoms with E-state index in [1.807, 2.05) is 6.92 Å². The number of aliphatic imine (C=N–C) groups is 1. The summed E-state index contributed by atoms with van der Waals surface area (Å²) in [5.41, 5.74) is 0.528. The van der Waals surface area contributed by atoms with Gasteiger partial charge in [0.1, 0.15) is 17.4 Å². The van der Waals surface area contributed by atoms with Gasteiger partial charge in [0.15, 0.2) is 5.82 Å². The standard InChI is InChI=1S/C21H37N5O/c1-7-12-22-16-15(17-23-13-14(24-17)19(2,3)4)25-18(26-16)20(5)8-10-21(6,27)11-9-20/h14,22,27H,7-13H2,1-6H3,(H,23,24)(H,25,26)/t14-,20?,21?/m0/s1. The van der Waals surface area contributed by atoms with Crippen LogP contribution in [-0.2, 0) is 5.41 Å². The second-order valence-electron chi connectivity index (χ2n) is 10.0. The van der Waals surface area contributed by atoms with Crippen LogP contribution in [0.1, 0.15) is 85.2 Å². The van der Waals surface area contributed by atoms with Crippen LogP contribution in [0.3, 0.4) is 0 Å². The zero-order valence-corrected chi connectivity index (χ0v) is 17.9. The van der Waals surface area contributed by atoms with Gasteiger partial charge < -0.3 is 20.7 Å². The van der Waals surface area contributed by atoms with Crippen LogP contribution in [0, 0.1) is 5.41 Å². The van der Waals surface area contributed by atoms with Crippen molar-refractivity contribution in [3.8, 4) is 0 Å². The zero-order valence-electron chi connectivity index (χ0n) is 17.9. The molecule has 4 N–H and O–H groups in total. The van der Waals surface area contributed by atoms with Gasteiger partial charge in [0.25, 0.3) is 0 Å². The molecule has 152 valence electrons. The molecule has 3 rings (SSSR count). The Morgan fingerprint density at radius 3 is 2.41 bits per heavy atom. The third-order valence-electron chi connectivity index (χ3n) is 6.23. The van der Waals surface area contributed by atoms with Crippen molar-refractivity contribution in [2.24, 2.45) is 10.4 Å². The summed E-state index contributed by atoms with van der Waals surface area (Å²) in [7, 11) is 0. The number of imidazole rings is 1. The Hall–Kier alpha value is -1.56. The molecule has 0 aromatic carbocycles. The van der Waals surface area contributed by atoms with Gasteiger partial charge in [-0.15, -0.1) is 0 Å². The summed E-state index contributed by atoms with van der Waals surface area (Å²) in [6, 6.07) is 0.263. The molecule has 1 aliphatic heterocycles. The van der Waals surface area contributed by atoms with E-state index in [2.05, 4.69) is 50.2 Å². The van der Waals surface area contributed by atoms with Gasteiger partial charge in [0.2, 0.25) is 0 Å². The maximum absolute atomic E-state index is 10.3. The second kappa shape index (κ2) is 7.12. The molecule has 6 heteroatoms. The van der Waals surface area contributed by atoms with E-state index in [1.54, 1.807) is 0 Å². The number of aromatic nitrogens is 2. The van der Waals surface area contributed by atoms with E-state index in [0.717, 1.165) is 68.4 Å². The first-order valence-electron chi connectivity index (χ1n) is 10.4. The van der Waals surface area contributed by atoms with E-state index in [0.29, 0.717) is 0 Å². The van der Waals surface area contributed by atoms with E-state index in [-0.39, 0.29) is 16.9 Å². The number of hydrogen-bond donors (Lipinski definition) is 4. The first kappa shape index (κ1) is 20.2. The van der Waals surface area contributed by atoms with E-state index < -0.39 is 5.60 Å². The Kier molecular flexibility index (Phi) is 5.32. The molecular weight excluding hydrogens is 338 g/mol. The van der Waals surface area contributed by atoms with Crippen LogP contribution in [0.25, 0.3) is 0 Å². The summed E-state index contributed by atoms with van der Waals surface area (Å²) in [5, 5.41) is 17.3. The molecule has 0 unspecified atom stereocenters. The Balaban J connectivity index is 1.90. The highest BCUT2D eigenvalue weighted by Gasteiger charge is 2.40. The molecule has 6 nitrogen and oxygen atoms in total. The fourth-order valence-electron chi connectivity index (χ4n) is 3.87. The van der Waals surface area contributed by atoms with Crippen LogP contribution in [0.4, 0.5) is 5.82 Å². The van der Waals surface area contributed by atoms with Gasteiger partial charge in [0, 0.05) is 18.5 Å². The number of amidine groups is 1. The van der Waals surface area contributed by atoms with Gasteiger partial charge in [-0.2, -0.15) is 0 Å². The molecule has 1 aromatic rings. The molecule has 1 atom stereocenters. The molecule has 1 aromatic heterocycles. The minimum atomic E-state index is -0.546. The highest BCUT2D eigenvalue weighted by molar-refractivity contribution is 6.02. The summed E-state index contributed by atoms with van der Waals surface area (Å²) < 4.78 is 0. The summed E-state index contributed by atoms with van der Waals surface area (Å²) in [6.45, 7) is 14.8. The zero-order chi connectivity index (χ0) is 19.9. The van der Waals surface area contributed by atoms with Gasteiger partial charge in [-0.05, 0) is 44.4 Å². The molecule has 27 heavy (non-hydrogen) atoms. The average molecular weight is 376 g/mol. The summed E-state index contributed by atoms with van der Waals surface area (Å²) >= 11 is 0. The van der Waals surface area contributed by atoms with Gasteiger partial charge in [0.05, 0.1) is 11.6 Å². The lowest BCUT2D eigenvalue weighted by Gasteiger charge is -2.39. The predicted octanol–water partition coefficient (Wildman–Crippen LogP) is 3.58. The average Bonchev–Trinajstić information content (AvgIpc) is 3.22. The molecular formula is C21H37N5O. The van der Waals surface area contributed by atoms with Crippen molar-refractivity contribution in [3.05, 3.63) is 11.5 Å². The van der Waals surface area contributed by atoms with E-state index in [9.17, 15) is 5.11 Å². The normalized spacial score (nSPS) is 31.5.